The van der Waals surface area contributed by atoms with Crippen LogP contribution in [0.25, 0.3) is 6.08 Å². The summed E-state index contributed by atoms with van der Waals surface area (Å²) in [6.45, 7) is 9.34. The maximum Gasteiger partial charge on any atom is 0.322 e. The lowest BCUT2D eigenvalue weighted by Crippen LogP contribution is -2.45. The van der Waals surface area contributed by atoms with Gasteiger partial charge in [0.25, 0.3) is 10.1 Å². The maximum atomic E-state index is 13.2. The van der Waals surface area contributed by atoms with Crippen molar-refractivity contribution in [3.63, 3.8) is 0 Å². The lowest BCUT2D eigenvalue weighted by molar-refractivity contribution is -0.164. The summed E-state index contributed by atoms with van der Waals surface area (Å²) in [6.07, 6.45) is 1.65. The van der Waals surface area contributed by atoms with Crippen LogP contribution in [0.15, 0.2) is 61.2 Å². The molecule has 0 aliphatic rings. The van der Waals surface area contributed by atoms with Crippen LogP contribution in [-0.4, -0.2) is 32.4 Å². The minimum absolute atomic E-state index is 0.261. The first kappa shape index (κ1) is 24.5. The Morgan fingerprint density at radius 1 is 0.968 bits per heavy atom. The molecule has 166 valence electrons. The van der Waals surface area contributed by atoms with Gasteiger partial charge in [0.2, 0.25) is 0 Å². The van der Waals surface area contributed by atoms with Crippen LogP contribution in [0, 0.1) is 5.41 Å². The Bertz CT molecular complexity index is 1030. The van der Waals surface area contributed by atoms with Gasteiger partial charge < -0.3 is 4.74 Å². The molecule has 0 aliphatic heterocycles. The zero-order valence-corrected chi connectivity index (χ0v) is 19.1. The molecule has 6 nitrogen and oxygen atoms in total. The summed E-state index contributed by atoms with van der Waals surface area (Å²) < 4.78 is 35.7. The Morgan fingerprint density at radius 3 is 2.06 bits per heavy atom. The molecule has 0 heterocycles. The fraction of sp³-hybridized carbons (Fsp3) is 0.333. The molecule has 0 saturated heterocycles. The van der Waals surface area contributed by atoms with Gasteiger partial charge in [-0.1, -0.05) is 67.3 Å². The van der Waals surface area contributed by atoms with Gasteiger partial charge in [-0.2, -0.15) is 8.42 Å². The largest absolute Gasteiger partial charge is 0.459 e. The quantitative estimate of drug-likeness (QED) is 0.246. The lowest BCUT2D eigenvalue weighted by Gasteiger charge is -2.30. The molecular weight excluding hydrogens is 416 g/mol. The molecule has 2 aromatic rings. The Kier molecular flexibility index (Phi) is 7.57. The van der Waals surface area contributed by atoms with Crippen LogP contribution in [0.2, 0.25) is 0 Å². The van der Waals surface area contributed by atoms with Crippen molar-refractivity contribution in [3.05, 3.63) is 77.9 Å². The molecule has 2 rings (SSSR count). The summed E-state index contributed by atoms with van der Waals surface area (Å²) >= 11 is 0. The zero-order chi connectivity index (χ0) is 23.3. The first-order chi connectivity index (χ1) is 14.4. The highest BCUT2D eigenvalue weighted by Gasteiger charge is 2.46. The molecule has 1 atom stereocenters. The molecule has 0 bridgehead atoms. The molecule has 0 saturated carbocycles. The number of esters is 1. The Hall–Kier alpha value is -2.77. The molecule has 31 heavy (non-hydrogen) atoms. The standard InChI is InChI=1S/C24H28O6S/c1-6-18-12-14-19(15-13-18)16-31(27,28)29-17-24(5,22(26)30-23(2,3)4)21(25)20-10-8-7-9-11-20/h6-15H,1,16-17H2,2-5H3. The van der Waals surface area contributed by atoms with E-state index in [2.05, 4.69) is 6.58 Å². The average Bonchev–Trinajstić information content (AvgIpc) is 2.71. The Labute approximate surface area is 184 Å². The van der Waals surface area contributed by atoms with Gasteiger partial charge in [-0.05, 0) is 38.8 Å². The van der Waals surface area contributed by atoms with E-state index in [4.69, 9.17) is 8.92 Å². The van der Waals surface area contributed by atoms with E-state index in [0.717, 1.165) is 5.56 Å². The number of hydrogen-bond donors (Lipinski definition) is 0. The van der Waals surface area contributed by atoms with E-state index in [9.17, 15) is 18.0 Å². The van der Waals surface area contributed by atoms with Crippen LogP contribution < -0.4 is 0 Å². The summed E-state index contributed by atoms with van der Waals surface area (Å²) in [5, 5.41) is 0. The van der Waals surface area contributed by atoms with Gasteiger partial charge in [-0.15, -0.1) is 0 Å². The molecule has 0 radical (unpaired) electrons. The molecule has 0 N–H and O–H groups in total. The van der Waals surface area contributed by atoms with E-state index in [-0.39, 0.29) is 5.56 Å². The zero-order valence-electron chi connectivity index (χ0n) is 18.3. The number of rotatable bonds is 9. The number of ketones is 1. The van der Waals surface area contributed by atoms with Crippen LogP contribution >= 0.6 is 0 Å². The number of benzene rings is 2. The number of ether oxygens (including phenoxy) is 1. The van der Waals surface area contributed by atoms with Crippen molar-refractivity contribution in [2.45, 2.75) is 39.0 Å². The second-order valence-corrected chi connectivity index (χ2v) is 10.1. The minimum Gasteiger partial charge on any atom is -0.459 e. The smallest absolute Gasteiger partial charge is 0.322 e. The SMILES string of the molecule is C=Cc1ccc(CS(=O)(=O)OCC(C)(C(=O)OC(C)(C)C)C(=O)c2ccccc2)cc1. The van der Waals surface area contributed by atoms with Crippen LogP contribution in [0.3, 0.4) is 0 Å². The average molecular weight is 445 g/mol. The highest BCUT2D eigenvalue weighted by molar-refractivity contribution is 7.85. The van der Waals surface area contributed by atoms with Crippen molar-refractivity contribution in [1.29, 1.82) is 0 Å². The third kappa shape index (κ3) is 6.87. The topological polar surface area (TPSA) is 86.7 Å². The molecule has 0 spiro atoms. The summed E-state index contributed by atoms with van der Waals surface area (Å²) in [4.78, 5) is 26.1. The molecule has 0 aliphatic carbocycles. The highest BCUT2D eigenvalue weighted by Crippen LogP contribution is 2.29. The second-order valence-electron chi connectivity index (χ2n) is 8.44. The fourth-order valence-corrected chi connectivity index (χ4v) is 3.82. The molecule has 0 amide bonds. The summed E-state index contributed by atoms with van der Waals surface area (Å²) in [7, 11) is -4.07. The number of carbonyl (C=O) groups is 2. The lowest BCUT2D eigenvalue weighted by atomic mass is 9.83. The minimum atomic E-state index is -4.07. The Balaban J connectivity index is 2.26. The van der Waals surface area contributed by atoms with E-state index < -0.39 is 45.2 Å². The van der Waals surface area contributed by atoms with Gasteiger partial charge in [0.05, 0.1) is 6.61 Å². The van der Waals surface area contributed by atoms with E-state index in [1.165, 1.54) is 6.92 Å². The van der Waals surface area contributed by atoms with E-state index in [0.29, 0.717) is 5.56 Å². The Morgan fingerprint density at radius 2 is 1.55 bits per heavy atom. The predicted octanol–water partition coefficient (Wildman–Crippen LogP) is 4.41. The van der Waals surface area contributed by atoms with Crippen LogP contribution in [0.4, 0.5) is 0 Å². The van der Waals surface area contributed by atoms with Crippen molar-refractivity contribution in [2.75, 3.05) is 6.61 Å². The fourth-order valence-electron chi connectivity index (χ4n) is 2.72. The van der Waals surface area contributed by atoms with Crippen molar-refractivity contribution < 1.29 is 26.9 Å². The molecule has 7 heteroatoms. The summed E-state index contributed by atoms with van der Waals surface area (Å²) in [5.41, 5.74) is -1.07. The van der Waals surface area contributed by atoms with Gasteiger partial charge >= 0.3 is 5.97 Å². The van der Waals surface area contributed by atoms with Gasteiger partial charge in [0, 0.05) is 5.56 Å². The van der Waals surface area contributed by atoms with Crippen LogP contribution in [0.1, 0.15) is 49.2 Å². The van der Waals surface area contributed by atoms with Gasteiger partial charge in [0.15, 0.2) is 11.2 Å². The van der Waals surface area contributed by atoms with Gasteiger partial charge in [0.1, 0.15) is 11.4 Å². The van der Waals surface area contributed by atoms with Crippen molar-refractivity contribution >= 4 is 27.9 Å². The first-order valence-electron chi connectivity index (χ1n) is 9.78. The molecule has 0 fully saturated rings. The van der Waals surface area contributed by atoms with Crippen LogP contribution in [-0.2, 0) is 29.6 Å². The molecule has 0 aromatic heterocycles. The van der Waals surface area contributed by atoms with E-state index >= 15 is 0 Å². The van der Waals surface area contributed by atoms with Gasteiger partial charge in [-0.3, -0.25) is 13.8 Å². The number of Topliss-reactive ketones (excluding diaryl/α,β-unsaturated/α-hetero) is 1. The normalized spacial score (nSPS) is 13.8. The summed E-state index contributed by atoms with van der Waals surface area (Å²) in [6, 6.07) is 14.9. The van der Waals surface area contributed by atoms with Crippen molar-refractivity contribution in [1.82, 2.24) is 0 Å². The maximum absolute atomic E-state index is 13.2. The third-order valence-corrected chi connectivity index (χ3v) is 5.64. The predicted molar refractivity (Wildman–Crippen MR) is 120 cm³/mol. The highest BCUT2D eigenvalue weighted by atomic mass is 32.2. The van der Waals surface area contributed by atoms with Crippen molar-refractivity contribution in [3.8, 4) is 0 Å². The first-order valence-corrected chi connectivity index (χ1v) is 11.4. The van der Waals surface area contributed by atoms with Gasteiger partial charge in [-0.25, -0.2) is 0 Å². The monoisotopic (exact) mass is 444 g/mol. The molecule has 1 unspecified atom stereocenters. The third-order valence-electron chi connectivity index (χ3n) is 4.47. The number of carbonyl (C=O) groups excluding carboxylic acids is 2. The van der Waals surface area contributed by atoms with E-state index in [1.54, 1.807) is 81.4 Å². The molecule has 2 aromatic carbocycles. The van der Waals surface area contributed by atoms with Crippen molar-refractivity contribution in [2.24, 2.45) is 5.41 Å². The number of hydrogen-bond acceptors (Lipinski definition) is 6. The summed E-state index contributed by atoms with van der Waals surface area (Å²) in [5.74, 6) is -1.82. The second kappa shape index (κ2) is 9.58. The van der Waals surface area contributed by atoms with Crippen LogP contribution in [0.5, 0.6) is 0 Å². The van der Waals surface area contributed by atoms with E-state index in [1.807, 2.05) is 0 Å². The molecular formula is C24H28O6S.